The SMILES string of the molecule is CNC(=O)c1ccccc1.O=C1CCCCCN1. The van der Waals surface area contributed by atoms with Crippen LogP contribution in [0.2, 0.25) is 0 Å². The van der Waals surface area contributed by atoms with E-state index in [1.807, 2.05) is 18.2 Å². The number of carbonyl (C=O) groups excluding carboxylic acids is 2. The van der Waals surface area contributed by atoms with Crippen molar-refractivity contribution in [1.29, 1.82) is 0 Å². The minimum Gasteiger partial charge on any atom is -0.356 e. The number of carbonyl (C=O) groups is 2. The van der Waals surface area contributed by atoms with E-state index < -0.39 is 0 Å². The fourth-order valence-electron chi connectivity index (χ4n) is 1.64. The second-order valence-corrected chi connectivity index (χ2v) is 4.11. The highest BCUT2D eigenvalue weighted by atomic mass is 16.2. The normalized spacial score (nSPS) is 14.6. The van der Waals surface area contributed by atoms with Gasteiger partial charge in [0.05, 0.1) is 0 Å². The highest BCUT2D eigenvalue weighted by molar-refractivity contribution is 5.93. The maximum Gasteiger partial charge on any atom is 0.251 e. The smallest absolute Gasteiger partial charge is 0.251 e. The van der Waals surface area contributed by atoms with Gasteiger partial charge in [-0.05, 0) is 25.0 Å². The molecule has 1 aliphatic rings. The maximum atomic E-state index is 10.9. The largest absolute Gasteiger partial charge is 0.356 e. The molecule has 0 bridgehead atoms. The molecule has 0 saturated carbocycles. The molecule has 98 valence electrons. The Balaban J connectivity index is 0.000000184. The molecule has 0 radical (unpaired) electrons. The summed E-state index contributed by atoms with van der Waals surface area (Å²) < 4.78 is 0. The van der Waals surface area contributed by atoms with Crippen LogP contribution >= 0.6 is 0 Å². The van der Waals surface area contributed by atoms with E-state index in [1.165, 1.54) is 6.42 Å². The molecule has 1 fully saturated rings. The van der Waals surface area contributed by atoms with E-state index in [9.17, 15) is 9.59 Å². The van der Waals surface area contributed by atoms with E-state index in [-0.39, 0.29) is 11.8 Å². The number of amides is 2. The first-order chi connectivity index (χ1) is 8.74. The fourth-order valence-corrected chi connectivity index (χ4v) is 1.64. The Bertz CT molecular complexity index is 367. The first-order valence-corrected chi connectivity index (χ1v) is 6.28. The summed E-state index contributed by atoms with van der Waals surface area (Å²) in [5.74, 6) is 0.183. The number of hydrogen-bond donors (Lipinski definition) is 2. The molecule has 0 unspecified atom stereocenters. The van der Waals surface area contributed by atoms with Crippen molar-refractivity contribution in [2.24, 2.45) is 0 Å². The van der Waals surface area contributed by atoms with E-state index in [0.717, 1.165) is 25.8 Å². The zero-order valence-corrected chi connectivity index (χ0v) is 10.7. The molecule has 1 heterocycles. The van der Waals surface area contributed by atoms with Gasteiger partial charge >= 0.3 is 0 Å². The molecule has 4 nitrogen and oxygen atoms in total. The van der Waals surface area contributed by atoms with Gasteiger partial charge in [0.25, 0.3) is 5.91 Å². The molecule has 1 aromatic rings. The number of rotatable bonds is 1. The summed E-state index contributed by atoms with van der Waals surface area (Å²) >= 11 is 0. The lowest BCUT2D eigenvalue weighted by Crippen LogP contribution is -2.21. The van der Waals surface area contributed by atoms with Crippen LogP contribution in [0.25, 0.3) is 0 Å². The van der Waals surface area contributed by atoms with Crippen molar-refractivity contribution in [1.82, 2.24) is 10.6 Å². The average Bonchev–Trinajstić information content (AvgIpc) is 2.67. The van der Waals surface area contributed by atoms with Gasteiger partial charge in [0.15, 0.2) is 0 Å². The van der Waals surface area contributed by atoms with Gasteiger partial charge in [0.2, 0.25) is 5.91 Å². The molecular formula is C14H20N2O2. The Kier molecular flexibility index (Phi) is 6.54. The standard InChI is InChI=1S/C8H9NO.C6H11NO/c1-9-8(10)7-5-3-2-4-6-7;8-6-4-2-1-3-5-7-6/h2-6H,1H3,(H,9,10);1-5H2,(H,7,8). The number of benzene rings is 1. The zero-order valence-electron chi connectivity index (χ0n) is 10.7. The van der Waals surface area contributed by atoms with Gasteiger partial charge in [-0.25, -0.2) is 0 Å². The Morgan fingerprint density at radius 3 is 2.56 bits per heavy atom. The van der Waals surface area contributed by atoms with Gasteiger partial charge < -0.3 is 10.6 Å². The number of hydrogen-bond acceptors (Lipinski definition) is 2. The van der Waals surface area contributed by atoms with E-state index in [4.69, 9.17) is 0 Å². The lowest BCUT2D eigenvalue weighted by molar-refractivity contribution is -0.120. The van der Waals surface area contributed by atoms with Gasteiger partial charge in [0.1, 0.15) is 0 Å². The quantitative estimate of drug-likeness (QED) is 0.795. The van der Waals surface area contributed by atoms with Gasteiger partial charge in [-0.2, -0.15) is 0 Å². The lowest BCUT2D eigenvalue weighted by atomic mass is 10.2. The van der Waals surface area contributed by atoms with Crippen LogP contribution in [0.15, 0.2) is 30.3 Å². The Hall–Kier alpha value is -1.84. The van der Waals surface area contributed by atoms with E-state index >= 15 is 0 Å². The molecule has 18 heavy (non-hydrogen) atoms. The van der Waals surface area contributed by atoms with Crippen LogP contribution in [0.3, 0.4) is 0 Å². The van der Waals surface area contributed by atoms with Crippen molar-refractivity contribution in [3.63, 3.8) is 0 Å². The summed E-state index contributed by atoms with van der Waals surface area (Å²) in [5.41, 5.74) is 0.699. The van der Waals surface area contributed by atoms with Crippen LogP contribution in [-0.2, 0) is 4.79 Å². The van der Waals surface area contributed by atoms with E-state index in [1.54, 1.807) is 19.2 Å². The highest BCUT2D eigenvalue weighted by Crippen LogP contribution is 2.02. The van der Waals surface area contributed by atoms with Crippen molar-refractivity contribution in [3.05, 3.63) is 35.9 Å². The van der Waals surface area contributed by atoms with Gasteiger partial charge in [-0.3, -0.25) is 9.59 Å². The van der Waals surface area contributed by atoms with Crippen LogP contribution in [0, 0.1) is 0 Å². The molecule has 0 aliphatic carbocycles. The molecule has 2 amide bonds. The molecule has 4 heteroatoms. The summed E-state index contributed by atoms with van der Waals surface area (Å²) in [4.78, 5) is 21.5. The topological polar surface area (TPSA) is 58.2 Å². The number of nitrogens with one attached hydrogen (secondary N) is 2. The molecular weight excluding hydrogens is 228 g/mol. The van der Waals surface area contributed by atoms with Crippen molar-refractivity contribution in [2.75, 3.05) is 13.6 Å². The summed E-state index contributed by atoms with van der Waals surface area (Å²) in [6, 6.07) is 9.11. The summed E-state index contributed by atoms with van der Waals surface area (Å²) in [7, 11) is 1.62. The molecule has 0 atom stereocenters. The Labute approximate surface area is 108 Å². The zero-order chi connectivity index (χ0) is 13.2. The van der Waals surface area contributed by atoms with Gasteiger partial charge in [0, 0.05) is 25.6 Å². The molecule has 0 aromatic heterocycles. The predicted octanol–water partition coefficient (Wildman–Crippen LogP) is 1.72. The predicted molar refractivity (Wildman–Crippen MR) is 71.3 cm³/mol. The average molecular weight is 248 g/mol. The second kappa shape index (κ2) is 8.28. The van der Waals surface area contributed by atoms with Crippen molar-refractivity contribution >= 4 is 11.8 Å². The highest BCUT2D eigenvalue weighted by Gasteiger charge is 2.03. The third kappa shape index (κ3) is 5.48. The van der Waals surface area contributed by atoms with Crippen molar-refractivity contribution in [3.8, 4) is 0 Å². The van der Waals surface area contributed by atoms with E-state index in [2.05, 4.69) is 10.6 Å². The van der Waals surface area contributed by atoms with Crippen LogP contribution in [-0.4, -0.2) is 25.4 Å². The third-order valence-corrected chi connectivity index (χ3v) is 2.67. The van der Waals surface area contributed by atoms with Crippen LogP contribution in [0.5, 0.6) is 0 Å². The van der Waals surface area contributed by atoms with E-state index in [0.29, 0.717) is 5.56 Å². The molecule has 0 spiro atoms. The van der Waals surface area contributed by atoms with Gasteiger partial charge in [-0.15, -0.1) is 0 Å². The summed E-state index contributed by atoms with van der Waals surface area (Å²) in [6.45, 7) is 0.888. The first-order valence-electron chi connectivity index (χ1n) is 6.28. The minimum absolute atomic E-state index is 0.0411. The maximum absolute atomic E-state index is 10.9. The Morgan fingerprint density at radius 2 is 1.89 bits per heavy atom. The monoisotopic (exact) mass is 248 g/mol. The first kappa shape index (κ1) is 14.2. The Morgan fingerprint density at radius 1 is 1.17 bits per heavy atom. The second-order valence-electron chi connectivity index (χ2n) is 4.11. The fraction of sp³-hybridized carbons (Fsp3) is 0.429. The molecule has 1 saturated heterocycles. The van der Waals surface area contributed by atoms with Crippen molar-refractivity contribution in [2.45, 2.75) is 25.7 Å². The van der Waals surface area contributed by atoms with Crippen LogP contribution in [0.1, 0.15) is 36.0 Å². The molecule has 2 rings (SSSR count). The minimum atomic E-state index is -0.0411. The van der Waals surface area contributed by atoms with Gasteiger partial charge in [-0.1, -0.05) is 24.6 Å². The molecule has 1 aromatic carbocycles. The third-order valence-electron chi connectivity index (χ3n) is 2.67. The lowest BCUT2D eigenvalue weighted by Gasteiger charge is -1.96. The van der Waals surface area contributed by atoms with Crippen LogP contribution in [0.4, 0.5) is 0 Å². The molecule has 1 aliphatic heterocycles. The molecule has 2 N–H and O–H groups in total. The summed E-state index contributed by atoms with van der Waals surface area (Å²) in [5, 5.41) is 5.35. The van der Waals surface area contributed by atoms with Crippen molar-refractivity contribution < 1.29 is 9.59 Å². The van der Waals surface area contributed by atoms with Crippen LogP contribution < -0.4 is 10.6 Å². The summed E-state index contributed by atoms with van der Waals surface area (Å²) in [6.07, 6.45) is 4.18.